The van der Waals surface area contributed by atoms with Gasteiger partial charge >= 0.3 is 6.03 Å². The number of rotatable bonds is 11. The third kappa shape index (κ3) is 7.46. The number of benzene rings is 2. The highest BCUT2D eigenvalue weighted by Gasteiger charge is 2.15. The Balaban J connectivity index is 2.05. The molecule has 0 aliphatic carbocycles. The third-order valence-electron chi connectivity index (χ3n) is 5.01. The number of ether oxygens (including phenoxy) is 1. The largest absolute Gasteiger partial charge is 0.494 e. The van der Waals surface area contributed by atoms with Gasteiger partial charge in [-0.15, -0.1) is 0 Å². The van der Waals surface area contributed by atoms with E-state index < -0.39 is 0 Å². The molecule has 0 aromatic heterocycles. The van der Waals surface area contributed by atoms with E-state index in [1.54, 1.807) is 36.4 Å². The maximum absolute atomic E-state index is 12.8. The normalized spacial score (nSPS) is 10.6. The van der Waals surface area contributed by atoms with E-state index in [1.807, 2.05) is 32.0 Å². The van der Waals surface area contributed by atoms with Gasteiger partial charge in [0.1, 0.15) is 5.75 Å². The lowest BCUT2D eigenvalue weighted by molar-refractivity contribution is 0.0949. The van der Waals surface area contributed by atoms with Crippen LogP contribution in [0.25, 0.3) is 0 Å². The summed E-state index contributed by atoms with van der Waals surface area (Å²) in [4.78, 5) is 29.4. The fourth-order valence-electron chi connectivity index (χ4n) is 3.24. The summed E-state index contributed by atoms with van der Waals surface area (Å²) < 4.78 is 5.41. The van der Waals surface area contributed by atoms with Crippen molar-refractivity contribution in [2.24, 2.45) is 0 Å². The molecule has 0 bridgehead atoms. The maximum Gasteiger partial charge on any atom is 0.323 e. The first-order chi connectivity index (χ1) is 15.4. The summed E-state index contributed by atoms with van der Waals surface area (Å²) in [6, 6.07) is 12.0. The molecule has 0 aliphatic heterocycles. The van der Waals surface area contributed by atoms with Crippen LogP contribution in [0.5, 0.6) is 5.75 Å². The monoisotopic (exact) mass is 441 g/mol. The molecule has 0 atom stereocenters. The van der Waals surface area contributed by atoms with E-state index in [2.05, 4.69) is 34.7 Å². The predicted molar refractivity (Wildman–Crippen MR) is 131 cm³/mol. The summed E-state index contributed by atoms with van der Waals surface area (Å²) in [5, 5.41) is 8.56. The summed E-state index contributed by atoms with van der Waals surface area (Å²) in [6.07, 6.45) is 0. The fourth-order valence-corrected chi connectivity index (χ4v) is 3.24. The van der Waals surface area contributed by atoms with Crippen molar-refractivity contribution in [3.05, 3.63) is 48.0 Å². The van der Waals surface area contributed by atoms with Crippen LogP contribution < -0.4 is 25.6 Å². The van der Waals surface area contributed by atoms with Crippen LogP contribution in [0, 0.1) is 0 Å². The van der Waals surface area contributed by atoms with E-state index in [1.165, 1.54) is 0 Å². The Bertz CT molecular complexity index is 880. The van der Waals surface area contributed by atoms with Crippen LogP contribution in [0.1, 0.15) is 31.1 Å². The van der Waals surface area contributed by atoms with Gasteiger partial charge in [0.15, 0.2) is 0 Å². The Morgan fingerprint density at radius 3 is 2.12 bits per heavy atom. The second-order valence-corrected chi connectivity index (χ2v) is 7.45. The number of nitrogens with zero attached hydrogens (tertiary/aromatic N) is 2. The molecule has 2 rings (SSSR count). The van der Waals surface area contributed by atoms with Crippen LogP contribution >= 0.6 is 0 Å². The van der Waals surface area contributed by atoms with E-state index in [0.717, 1.165) is 31.1 Å². The standard InChI is InChI=1S/C24H35N5O3/c1-6-29(7-2)16-15-25-23(30)21-17-19(11-14-22(21)28(4)5)27-24(31)26-18-9-12-20(13-10-18)32-8-3/h9-14,17H,6-8,15-16H2,1-5H3,(H,25,30)(H2,26,27,31). The quantitative estimate of drug-likeness (QED) is 0.493. The van der Waals surface area contributed by atoms with Crippen LogP contribution in [-0.4, -0.2) is 63.7 Å². The molecule has 8 nitrogen and oxygen atoms in total. The zero-order valence-electron chi connectivity index (χ0n) is 19.7. The summed E-state index contributed by atoms with van der Waals surface area (Å²) in [5.74, 6) is 0.575. The van der Waals surface area contributed by atoms with E-state index in [9.17, 15) is 9.59 Å². The van der Waals surface area contributed by atoms with Crippen molar-refractivity contribution in [3.63, 3.8) is 0 Å². The minimum atomic E-state index is -0.389. The minimum Gasteiger partial charge on any atom is -0.494 e. The van der Waals surface area contributed by atoms with Gasteiger partial charge in [0.05, 0.1) is 12.2 Å². The van der Waals surface area contributed by atoms with Crippen molar-refractivity contribution >= 4 is 29.0 Å². The molecule has 174 valence electrons. The number of hydrogen-bond donors (Lipinski definition) is 3. The zero-order valence-corrected chi connectivity index (χ0v) is 19.7. The number of nitrogens with one attached hydrogen (secondary N) is 3. The SMILES string of the molecule is CCOc1ccc(NC(=O)Nc2ccc(N(C)C)c(C(=O)NCCN(CC)CC)c2)cc1. The number of likely N-dealkylation sites (N-methyl/N-ethyl adjacent to an activating group) is 1. The molecule has 32 heavy (non-hydrogen) atoms. The van der Waals surface area contributed by atoms with E-state index >= 15 is 0 Å². The molecule has 0 spiro atoms. The second kappa shape index (κ2) is 12.6. The Hall–Kier alpha value is -3.26. The molecular formula is C24H35N5O3. The van der Waals surface area contributed by atoms with Crippen molar-refractivity contribution in [2.45, 2.75) is 20.8 Å². The Labute approximate surface area is 190 Å². The number of carbonyl (C=O) groups is 2. The number of hydrogen-bond acceptors (Lipinski definition) is 5. The molecule has 0 aliphatic rings. The highest BCUT2D eigenvalue weighted by molar-refractivity contribution is 6.04. The molecule has 2 aromatic rings. The fraction of sp³-hybridized carbons (Fsp3) is 0.417. The molecule has 0 saturated carbocycles. The van der Waals surface area contributed by atoms with Gasteiger partial charge in [-0.1, -0.05) is 13.8 Å². The van der Waals surface area contributed by atoms with Gasteiger partial charge in [-0.25, -0.2) is 4.79 Å². The van der Waals surface area contributed by atoms with E-state index in [4.69, 9.17) is 4.74 Å². The van der Waals surface area contributed by atoms with Crippen LogP contribution in [0.2, 0.25) is 0 Å². The van der Waals surface area contributed by atoms with Crippen LogP contribution in [0.15, 0.2) is 42.5 Å². The Kier molecular flexibility index (Phi) is 9.81. The molecule has 8 heteroatoms. The average molecular weight is 442 g/mol. The van der Waals surface area contributed by atoms with Gasteiger partial charge in [-0.2, -0.15) is 0 Å². The smallest absolute Gasteiger partial charge is 0.323 e. The van der Waals surface area contributed by atoms with Crippen LogP contribution in [0.3, 0.4) is 0 Å². The molecule has 0 heterocycles. The lowest BCUT2D eigenvalue weighted by Gasteiger charge is -2.20. The van der Waals surface area contributed by atoms with E-state index in [0.29, 0.717) is 30.1 Å². The van der Waals surface area contributed by atoms with Crippen molar-refractivity contribution in [1.29, 1.82) is 0 Å². The van der Waals surface area contributed by atoms with Crippen LogP contribution in [-0.2, 0) is 0 Å². The van der Waals surface area contributed by atoms with Gasteiger partial charge in [0, 0.05) is 44.2 Å². The van der Waals surface area contributed by atoms with Gasteiger partial charge in [0.2, 0.25) is 0 Å². The van der Waals surface area contributed by atoms with Crippen molar-refractivity contribution in [1.82, 2.24) is 10.2 Å². The van der Waals surface area contributed by atoms with Gasteiger partial charge < -0.3 is 30.5 Å². The van der Waals surface area contributed by atoms with Gasteiger partial charge in [0.25, 0.3) is 5.91 Å². The van der Waals surface area contributed by atoms with Gasteiger partial charge in [-0.05, 0) is 62.5 Å². The molecular weight excluding hydrogens is 406 g/mol. The van der Waals surface area contributed by atoms with Crippen LogP contribution in [0.4, 0.5) is 21.9 Å². The number of amides is 3. The first-order valence-corrected chi connectivity index (χ1v) is 11.0. The van der Waals surface area contributed by atoms with Crippen molar-refractivity contribution < 1.29 is 14.3 Å². The Morgan fingerprint density at radius 1 is 0.906 bits per heavy atom. The highest BCUT2D eigenvalue weighted by atomic mass is 16.5. The van der Waals surface area contributed by atoms with Crippen molar-refractivity contribution in [2.75, 3.05) is 62.4 Å². The first-order valence-electron chi connectivity index (χ1n) is 11.0. The molecule has 3 amide bonds. The van der Waals surface area contributed by atoms with Crippen molar-refractivity contribution in [3.8, 4) is 5.75 Å². The number of anilines is 3. The summed E-state index contributed by atoms with van der Waals surface area (Å²) in [6.45, 7) is 9.94. The summed E-state index contributed by atoms with van der Waals surface area (Å²) in [5.41, 5.74) is 2.47. The molecule has 3 N–H and O–H groups in total. The molecule has 0 fully saturated rings. The lowest BCUT2D eigenvalue weighted by Crippen LogP contribution is -2.35. The van der Waals surface area contributed by atoms with E-state index in [-0.39, 0.29) is 11.9 Å². The highest BCUT2D eigenvalue weighted by Crippen LogP contribution is 2.23. The first kappa shape index (κ1) is 25.0. The molecule has 0 radical (unpaired) electrons. The maximum atomic E-state index is 12.8. The summed E-state index contributed by atoms with van der Waals surface area (Å²) in [7, 11) is 3.77. The lowest BCUT2D eigenvalue weighted by atomic mass is 10.1. The third-order valence-corrected chi connectivity index (χ3v) is 5.01. The minimum absolute atomic E-state index is 0.170. The predicted octanol–water partition coefficient (Wildman–Crippen LogP) is 3.87. The zero-order chi connectivity index (χ0) is 23.5. The summed E-state index contributed by atoms with van der Waals surface area (Å²) >= 11 is 0. The topological polar surface area (TPSA) is 85.9 Å². The second-order valence-electron chi connectivity index (χ2n) is 7.45. The average Bonchev–Trinajstić information content (AvgIpc) is 2.78. The number of carbonyl (C=O) groups excluding carboxylic acids is 2. The van der Waals surface area contributed by atoms with Gasteiger partial charge in [-0.3, -0.25) is 4.79 Å². The number of urea groups is 1. The molecule has 0 unspecified atom stereocenters. The molecule has 2 aromatic carbocycles. The Morgan fingerprint density at radius 2 is 1.53 bits per heavy atom. The molecule has 0 saturated heterocycles.